The standard InChI is InChI=1S/AsH3O4.AsH3/c2-1(3,4)5;/h(H3,2,3,4,5);1H3. The normalized spacial score (nSPS) is 9.83. The second kappa shape index (κ2) is 2.89. The first-order chi connectivity index (χ1) is 2.00. The Balaban J connectivity index is 0. The van der Waals surface area contributed by atoms with E-state index in [-0.39, 0.29) is 18.0 Å². The van der Waals surface area contributed by atoms with Crippen LogP contribution in [0.1, 0.15) is 0 Å². The topological polar surface area (TPSA) is 77.8 Å². The summed E-state index contributed by atoms with van der Waals surface area (Å²) in [7, 11) is 0. The van der Waals surface area contributed by atoms with Gasteiger partial charge in [-0.1, -0.05) is 0 Å². The summed E-state index contributed by atoms with van der Waals surface area (Å²) in [5.41, 5.74) is 0. The maximum atomic E-state index is 8.94. The van der Waals surface area contributed by atoms with Crippen LogP contribution in [-0.4, -0.2) is 44.8 Å². The SMILES string of the molecule is O=[As](O)(O)O.[AsH3]. The molecule has 0 aromatic carbocycles. The third-order valence-corrected chi connectivity index (χ3v) is 0. The zero-order valence-corrected chi connectivity index (χ0v) is 7.75. The van der Waals surface area contributed by atoms with Gasteiger partial charge in [0.05, 0.1) is 0 Å². The van der Waals surface area contributed by atoms with Crippen molar-refractivity contribution in [2.75, 3.05) is 0 Å². The first-order valence-electron chi connectivity index (χ1n) is 0.783. The van der Waals surface area contributed by atoms with Crippen LogP contribution in [0.2, 0.25) is 0 Å². The van der Waals surface area contributed by atoms with E-state index in [9.17, 15) is 0 Å². The molecule has 0 aromatic heterocycles. The molecule has 3 N–H and O–H groups in total. The van der Waals surface area contributed by atoms with Crippen LogP contribution in [0.25, 0.3) is 0 Å². The van der Waals surface area contributed by atoms with Crippen LogP contribution in [0, 0.1) is 0 Å². The van der Waals surface area contributed by atoms with Crippen LogP contribution >= 0.6 is 0 Å². The van der Waals surface area contributed by atoms with Gasteiger partial charge in [-0.15, -0.1) is 0 Å². The van der Waals surface area contributed by atoms with Crippen molar-refractivity contribution in [2.24, 2.45) is 0 Å². The molecule has 0 radical (unpaired) electrons. The summed E-state index contributed by atoms with van der Waals surface area (Å²) in [5, 5.41) is 0. The third kappa shape index (κ3) is 109. The fraction of sp³-hybridized carbons (Fsp3) is 0. The Hall–Kier alpha value is 0.797. The third-order valence-electron chi connectivity index (χ3n) is 0. The maximum absolute atomic E-state index is 8.94. The fourth-order valence-corrected chi connectivity index (χ4v) is 0. The van der Waals surface area contributed by atoms with Crippen molar-refractivity contribution in [3.63, 3.8) is 0 Å². The van der Waals surface area contributed by atoms with Gasteiger partial charge in [0, 0.05) is 0 Å². The molecule has 0 heterocycles. The predicted molar refractivity (Wildman–Crippen MR) is 23.0 cm³/mol. The molecule has 0 aliphatic carbocycles. The zero-order chi connectivity index (χ0) is 4.50. The average molecular weight is 220 g/mol. The van der Waals surface area contributed by atoms with Gasteiger partial charge in [-0.25, -0.2) is 0 Å². The van der Waals surface area contributed by atoms with E-state index in [2.05, 4.69) is 0 Å². The summed E-state index contributed by atoms with van der Waals surface area (Å²) in [6.07, 6.45) is 0. The molecular formula is H6As2O4. The van der Waals surface area contributed by atoms with Crippen molar-refractivity contribution in [1.29, 1.82) is 0 Å². The number of hydrogen-bond acceptors (Lipinski definition) is 1. The van der Waals surface area contributed by atoms with Gasteiger partial charge in [0.25, 0.3) is 0 Å². The van der Waals surface area contributed by atoms with Crippen molar-refractivity contribution in [1.82, 2.24) is 0 Å². The molecule has 0 amide bonds. The van der Waals surface area contributed by atoms with Crippen molar-refractivity contribution >= 4 is 32.5 Å². The van der Waals surface area contributed by atoms with Crippen LogP contribution in [0.15, 0.2) is 0 Å². The summed E-state index contributed by atoms with van der Waals surface area (Å²) in [4.78, 5) is 0. The van der Waals surface area contributed by atoms with Gasteiger partial charge >= 0.3 is 48.5 Å². The molecule has 0 rings (SSSR count). The van der Waals surface area contributed by atoms with Gasteiger partial charge in [0.15, 0.2) is 0 Å². The van der Waals surface area contributed by atoms with Crippen molar-refractivity contribution in [3.05, 3.63) is 0 Å². The Kier molecular flexibility index (Phi) is 4.78. The van der Waals surface area contributed by atoms with Gasteiger partial charge in [-0.3, -0.25) is 0 Å². The Morgan fingerprint density at radius 1 is 1.17 bits per heavy atom. The molecule has 0 fully saturated rings. The molecule has 0 aliphatic heterocycles. The summed E-state index contributed by atoms with van der Waals surface area (Å²) in [5.74, 6) is 0. The second-order valence-electron chi connectivity index (χ2n) is 0.513. The minimum atomic E-state index is -5.12. The van der Waals surface area contributed by atoms with Crippen LogP contribution < -0.4 is 0 Å². The van der Waals surface area contributed by atoms with E-state index in [0.717, 1.165) is 0 Å². The van der Waals surface area contributed by atoms with E-state index in [1.165, 1.54) is 0 Å². The quantitative estimate of drug-likeness (QED) is 0.372. The minimum absolute atomic E-state index is 0. The number of rotatable bonds is 0. The summed E-state index contributed by atoms with van der Waals surface area (Å²) in [6, 6.07) is 0. The van der Waals surface area contributed by atoms with Gasteiger partial charge in [-0.05, 0) is 0 Å². The Labute approximate surface area is 48.8 Å². The van der Waals surface area contributed by atoms with E-state index in [4.69, 9.17) is 16.0 Å². The van der Waals surface area contributed by atoms with E-state index in [0.29, 0.717) is 0 Å². The van der Waals surface area contributed by atoms with Crippen LogP contribution in [0.4, 0.5) is 0 Å². The molecule has 1 atom stereocenters. The Bertz CT molecular complexity index is 51.7. The fourth-order valence-electron chi connectivity index (χ4n) is 0. The summed E-state index contributed by atoms with van der Waals surface area (Å²) < 4.78 is 30.7. The first kappa shape index (κ1) is 9.93. The van der Waals surface area contributed by atoms with Crippen molar-refractivity contribution in [2.45, 2.75) is 0 Å². The Morgan fingerprint density at radius 3 is 1.17 bits per heavy atom. The monoisotopic (exact) mass is 220 g/mol. The van der Waals surface area contributed by atoms with Crippen molar-refractivity contribution < 1.29 is 16.0 Å². The molecule has 0 bridgehead atoms. The average Bonchev–Trinajstić information content (AvgIpc) is 0.722. The molecule has 0 saturated carbocycles. The Morgan fingerprint density at radius 2 is 1.17 bits per heavy atom. The molecule has 6 heavy (non-hydrogen) atoms. The van der Waals surface area contributed by atoms with Gasteiger partial charge in [0.1, 0.15) is 0 Å². The zero-order valence-electron chi connectivity index (χ0n) is 2.90. The molecular weight excluding hydrogens is 214 g/mol. The van der Waals surface area contributed by atoms with E-state index in [1.54, 1.807) is 0 Å². The van der Waals surface area contributed by atoms with E-state index < -0.39 is 14.5 Å². The van der Waals surface area contributed by atoms with Gasteiger partial charge < -0.3 is 0 Å². The second-order valence-corrected chi connectivity index (χ2v) is 2.67. The van der Waals surface area contributed by atoms with Crippen LogP contribution in [0.5, 0.6) is 0 Å². The van der Waals surface area contributed by atoms with Gasteiger partial charge in [-0.2, -0.15) is 0 Å². The predicted octanol–water partition coefficient (Wildman–Crippen LogP) is -3.35. The molecule has 1 unspecified atom stereocenters. The molecule has 4 nitrogen and oxygen atoms in total. The van der Waals surface area contributed by atoms with Crippen LogP contribution in [0.3, 0.4) is 0 Å². The first-order valence-corrected chi connectivity index (χ1v) is 4.07. The van der Waals surface area contributed by atoms with Crippen LogP contribution in [-0.2, 0) is 3.74 Å². The summed E-state index contributed by atoms with van der Waals surface area (Å²) >= 11 is -5.12. The molecule has 0 aromatic rings. The van der Waals surface area contributed by atoms with Crippen molar-refractivity contribution in [3.8, 4) is 0 Å². The van der Waals surface area contributed by atoms with E-state index >= 15 is 0 Å². The van der Waals surface area contributed by atoms with Gasteiger partial charge in [0.2, 0.25) is 0 Å². The molecule has 0 spiro atoms. The molecule has 0 saturated heterocycles. The molecule has 6 heteroatoms. The molecule has 40 valence electrons. The number of hydrogen-bond donors (Lipinski definition) is 3. The van der Waals surface area contributed by atoms with E-state index in [1.807, 2.05) is 0 Å². The molecule has 0 aliphatic rings. The summed E-state index contributed by atoms with van der Waals surface area (Å²) in [6.45, 7) is 0.